The first kappa shape index (κ1) is 27.0. The molecule has 2 N–H and O–H groups in total. The Morgan fingerprint density at radius 3 is 2.64 bits per heavy atom. The lowest BCUT2D eigenvalue weighted by Crippen LogP contribution is -2.49. The van der Waals surface area contributed by atoms with Crippen LogP contribution in [-0.4, -0.2) is 56.9 Å². The summed E-state index contributed by atoms with van der Waals surface area (Å²) < 4.78 is 11.1. The molecule has 182 valence electrons. The van der Waals surface area contributed by atoms with E-state index in [0.717, 1.165) is 75.1 Å². The molecule has 1 saturated heterocycles. The van der Waals surface area contributed by atoms with Crippen molar-refractivity contribution in [3.8, 4) is 11.5 Å². The number of aryl methyl sites for hydroxylation is 1. The van der Waals surface area contributed by atoms with Gasteiger partial charge in [0.15, 0.2) is 17.5 Å². The lowest BCUT2D eigenvalue weighted by molar-refractivity contribution is 0.310. The molecule has 1 fully saturated rings. The van der Waals surface area contributed by atoms with Gasteiger partial charge in [-0.15, -0.1) is 24.0 Å². The third-order valence-electron chi connectivity index (χ3n) is 5.57. The summed E-state index contributed by atoms with van der Waals surface area (Å²) in [5, 5.41) is 7.01. The Morgan fingerprint density at radius 2 is 1.97 bits per heavy atom. The Kier molecular flexibility index (Phi) is 12.1. The predicted molar refractivity (Wildman–Crippen MR) is 146 cm³/mol. The zero-order valence-electron chi connectivity index (χ0n) is 20.0. The van der Waals surface area contributed by atoms with Crippen molar-refractivity contribution in [1.29, 1.82) is 0 Å². The van der Waals surface area contributed by atoms with Gasteiger partial charge in [0, 0.05) is 38.4 Å². The number of halogens is 1. The molecule has 1 aromatic carbocycles. The number of hydrogen-bond donors (Lipinski definition) is 2. The van der Waals surface area contributed by atoms with E-state index >= 15 is 0 Å². The quantitative estimate of drug-likeness (QED) is 0.194. The van der Waals surface area contributed by atoms with Crippen LogP contribution in [0, 0.1) is 0 Å². The highest BCUT2D eigenvalue weighted by atomic mass is 127. The van der Waals surface area contributed by atoms with Crippen molar-refractivity contribution in [2.45, 2.75) is 45.6 Å². The normalized spacial score (nSPS) is 14.4. The molecule has 1 aliphatic rings. The summed E-state index contributed by atoms with van der Waals surface area (Å²) in [7, 11) is 1.67. The Bertz CT molecular complexity index is 842. The van der Waals surface area contributed by atoms with E-state index in [1.165, 1.54) is 5.56 Å². The number of benzene rings is 1. The van der Waals surface area contributed by atoms with E-state index in [-0.39, 0.29) is 24.0 Å². The van der Waals surface area contributed by atoms with Crippen molar-refractivity contribution in [3.05, 3.63) is 48.2 Å². The maximum atomic E-state index is 5.69. The van der Waals surface area contributed by atoms with Crippen molar-refractivity contribution < 1.29 is 9.47 Å². The molecule has 1 aromatic heterocycles. The fraction of sp³-hybridized carbons (Fsp3) is 0.520. The van der Waals surface area contributed by atoms with Gasteiger partial charge in [0.25, 0.3) is 0 Å². The molecule has 8 heteroatoms. The average Bonchev–Trinajstić information content (AvgIpc) is 2.83. The van der Waals surface area contributed by atoms with Gasteiger partial charge in [-0.3, -0.25) is 4.99 Å². The maximum absolute atomic E-state index is 5.69. The third kappa shape index (κ3) is 8.57. The summed E-state index contributed by atoms with van der Waals surface area (Å²) in [6.45, 7) is 8.36. The number of ether oxygens (including phenoxy) is 2. The lowest BCUT2D eigenvalue weighted by Gasteiger charge is -2.33. The number of nitrogens with one attached hydrogen (secondary N) is 2. The molecule has 33 heavy (non-hydrogen) atoms. The molecule has 1 aliphatic heterocycles. The van der Waals surface area contributed by atoms with Crippen LogP contribution in [0.4, 0.5) is 5.82 Å². The molecule has 7 nitrogen and oxygen atoms in total. The summed E-state index contributed by atoms with van der Waals surface area (Å²) in [5.74, 6) is 3.57. The SMILES string of the molecule is CCNC(=NCCCc1ccc(OC)c(OCC)c1)NC1CCN(c2ccccn2)CC1.I. The minimum absolute atomic E-state index is 0. The molecule has 0 amide bonds. The van der Waals surface area contributed by atoms with Crippen molar-refractivity contribution in [3.63, 3.8) is 0 Å². The first-order valence-electron chi connectivity index (χ1n) is 11.7. The number of hydrogen-bond acceptors (Lipinski definition) is 5. The van der Waals surface area contributed by atoms with Crippen LogP contribution in [0.2, 0.25) is 0 Å². The third-order valence-corrected chi connectivity index (χ3v) is 5.57. The zero-order chi connectivity index (χ0) is 22.6. The van der Waals surface area contributed by atoms with Gasteiger partial charge < -0.3 is 25.0 Å². The zero-order valence-corrected chi connectivity index (χ0v) is 22.4. The van der Waals surface area contributed by atoms with Crippen LogP contribution in [0.1, 0.15) is 38.7 Å². The molecule has 0 bridgehead atoms. The number of methoxy groups -OCH3 is 1. The molecule has 3 rings (SSSR count). The fourth-order valence-electron chi connectivity index (χ4n) is 3.93. The van der Waals surface area contributed by atoms with E-state index in [4.69, 9.17) is 14.5 Å². The molecule has 0 aliphatic carbocycles. The Morgan fingerprint density at radius 1 is 1.15 bits per heavy atom. The van der Waals surface area contributed by atoms with Crippen molar-refractivity contribution >= 4 is 35.8 Å². The number of guanidine groups is 1. The second-order valence-electron chi connectivity index (χ2n) is 7.88. The number of anilines is 1. The second kappa shape index (κ2) is 14.8. The summed E-state index contributed by atoms with van der Waals surface area (Å²) in [5.41, 5.74) is 1.24. The van der Waals surface area contributed by atoms with Gasteiger partial charge in [0.2, 0.25) is 0 Å². The maximum Gasteiger partial charge on any atom is 0.191 e. The van der Waals surface area contributed by atoms with Crippen LogP contribution < -0.4 is 25.0 Å². The summed E-state index contributed by atoms with van der Waals surface area (Å²) in [4.78, 5) is 11.6. The number of aliphatic imine (C=N–C) groups is 1. The van der Waals surface area contributed by atoms with E-state index < -0.39 is 0 Å². The highest BCUT2D eigenvalue weighted by Crippen LogP contribution is 2.28. The lowest BCUT2D eigenvalue weighted by atomic mass is 10.1. The minimum Gasteiger partial charge on any atom is -0.493 e. The molecule has 0 radical (unpaired) electrons. The smallest absolute Gasteiger partial charge is 0.191 e. The summed E-state index contributed by atoms with van der Waals surface area (Å²) in [6, 6.07) is 12.7. The topological polar surface area (TPSA) is 71.0 Å². The number of nitrogens with zero attached hydrogens (tertiary/aromatic N) is 3. The van der Waals surface area contributed by atoms with Crippen molar-refractivity contribution in [1.82, 2.24) is 15.6 Å². The highest BCUT2D eigenvalue weighted by Gasteiger charge is 2.20. The number of pyridine rings is 1. The first-order valence-corrected chi connectivity index (χ1v) is 11.7. The van der Waals surface area contributed by atoms with Gasteiger partial charge in [0.1, 0.15) is 5.82 Å². The minimum atomic E-state index is 0. The molecule has 2 aromatic rings. The van der Waals surface area contributed by atoms with Crippen LogP contribution in [0.5, 0.6) is 11.5 Å². The van der Waals surface area contributed by atoms with Crippen LogP contribution >= 0.6 is 24.0 Å². The van der Waals surface area contributed by atoms with Gasteiger partial charge in [-0.05, 0) is 69.4 Å². The van der Waals surface area contributed by atoms with E-state index in [9.17, 15) is 0 Å². The summed E-state index contributed by atoms with van der Waals surface area (Å²) in [6.07, 6.45) is 5.95. The van der Waals surface area contributed by atoms with Crippen LogP contribution in [-0.2, 0) is 6.42 Å². The van der Waals surface area contributed by atoms with E-state index in [0.29, 0.717) is 12.6 Å². The highest BCUT2D eigenvalue weighted by molar-refractivity contribution is 14.0. The Hall–Kier alpha value is -2.23. The molecular weight excluding hydrogens is 529 g/mol. The molecule has 2 heterocycles. The van der Waals surface area contributed by atoms with Gasteiger partial charge in [-0.1, -0.05) is 12.1 Å². The molecule has 0 saturated carbocycles. The van der Waals surface area contributed by atoms with Crippen LogP contribution in [0.15, 0.2) is 47.6 Å². The van der Waals surface area contributed by atoms with E-state index in [2.05, 4.69) is 45.6 Å². The monoisotopic (exact) mass is 567 g/mol. The second-order valence-corrected chi connectivity index (χ2v) is 7.88. The Balaban J connectivity index is 0.00000385. The molecule has 0 unspecified atom stereocenters. The van der Waals surface area contributed by atoms with E-state index in [1.807, 2.05) is 31.3 Å². The molecular formula is C25H38IN5O2. The van der Waals surface area contributed by atoms with Crippen molar-refractivity contribution in [2.24, 2.45) is 4.99 Å². The standard InChI is InChI=1S/C25H37N5O2.HI/c1-4-26-25(29-21-13-17-30(18-14-21)24-10-6-7-15-27-24)28-16-8-9-20-11-12-22(31-3)23(19-20)32-5-2;/h6-7,10-12,15,19,21H,4-5,8-9,13-14,16-18H2,1-3H3,(H2,26,28,29);1H. The molecule has 0 atom stereocenters. The van der Waals surface area contributed by atoms with Gasteiger partial charge in [0.05, 0.1) is 13.7 Å². The van der Waals surface area contributed by atoms with Gasteiger partial charge in [-0.25, -0.2) is 4.98 Å². The first-order chi connectivity index (χ1) is 15.7. The average molecular weight is 568 g/mol. The van der Waals surface area contributed by atoms with Crippen LogP contribution in [0.25, 0.3) is 0 Å². The van der Waals surface area contributed by atoms with Crippen LogP contribution in [0.3, 0.4) is 0 Å². The molecule has 0 spiro atoms. The summed E-state index contributed by atoms with van der Waals surface area (Å²) >= 11 is 0. The Labute approximate surface area is 215 Å². The fourth-order valence-corrected chi connectivity index (χ4v) is 3.93. The number of piperidine rings is 1. The number of aromatic nitrogens is 1. The van der Waals surface area contributed by atoms with Gasteiger partial charge >= 0.3 is 0 Å². The number of rotatable bonds is 10. The van der Waals surface area contributed by atoms with E-state index in [1.54, 1.807) is 7.11 Å². The van der Waals surface area contributed by atoms with Crippen molar-refractivity contribution in [2.75, 3.05) is 44.8 Å². The van der Waals surface area contributed by atoms with Gasteiger partial charge in [-0.2, -0.15) is 0 Å². The largest absolute Gasteiger partial charge is 0.493 e. The predicted octanol–water partition coefficient (Wildman–Crippen LogP) is 4.26.